The molecule has 1 rings (SSSR count). The monoisotopic (exact) mass is 395 g/mol. The van der Waals surface area contributed by atoms with Crippen molar-refractivity contribution in [1.29, 1.82) is 0 Å². The van der Waals surface area contributed by atoms with Gasteiger partial charge in [-0.25, -0.2) is 9.59 Å². The van der Waals surface area contributed by atoms with Gasteiger partial charge in [0.2, 0.25) is 0 Å². The smallest absolute Gasteiger partial charge is 0.355 e. The Morgan fingerprint density at radius 3 is 2.36 bits per heavy atom. The zero-order chi connectivity index (χ0) is 21.5. The fourth-order valence-corrected chi connectivity index (χ4v) is 2.88. The van der Waals surface area contributed by atoms with Gasteiger partial charge in [0, 0.05) is 37.1 Å². The van der Waals surface area contributed by atoms with Crippen LogP contribution in [0.3, 0.4) is 0 Å². The summed E-state index contributed by atoms with van der Waals surface area (Å²) in [6, 6.07) is -0.312. The third-order valence-electron chi connectivity index (χ3n) is 4.08. The van der Waals surface area contributed by atoms with Crippen LogP contribution in [0.4, 0.5) is 4.79 Å². The maximum absolute atomic E-state index is 13.0. The highest BCUT2D eigenvalue weighted by Gasteiger charge is 2.26. The number of urea groups is 1. The van der Waals surface area contributed by atoms with Crippen molar-refractivity contribution in [1.82, 2.24) is 15.2 Å². The van der Waals surface area contributed by atoms with Crippen LogP contribution in [0.15, 0.2) is 0 Å². The van der Waals surface area contributed by atoms with Crippen LogP contribution in [-0.2, 0) is 9.47 Å². The average Bonchev–Trinajstić information content (AvgIpc) is 2.87. The van der Waals surface area contributed by atoms with Crippen molar-refractivity contribution in [2.75, 3.05) is 33.4 Å². The van der Waals surface area contributed by atoms with Gasteiger partial charge in [0.15, 0.2) is 5.78 Å². The van der Waals surface area contributed by atoms with Crippen molar-refractivity contribution < 1.29 is 23.9 Å². The topological polar surface area (TPSA) is 101 Å². The van der Waals surface area contributed by atoms with E-state index in [1.54, 1.807) is 27.9 Å². The Labute approximate surface area is 167 Å². The summed E-state index contributed by atoms with van der Waals surface area (Å²) in [4.78, 5) is 42.1. The first-order valence-electron chi connectivity index (χ1n) is 9.47. The molecule has 0 aliphatic rings. The number of aromatic amines is 1. The van der Waals surface area contributed by atoms with Crippen molar-refractivity contribution >= 4 is 17.8 Å². The minimum atomic E-state index is -0.496. The van der Waals surface area contributed by atoms with Gasteiger partial charge in [-0.1, -0.05) is 0 Å². The van der Waals surface area contributed by atoms with E-state index in [1.165, 1.54) is 4.90 Å². The summed E-state index contributed by atoms with van der Waals surface area (Å²) in [6.07, 6.45) is 0.612. The molecule has 0 aliphatic carbocycles. The number of hydrogen-bond donors (Lipinski definition) is 2. The molecule has 0 bridgehead atoms. The van der Waals surface area contributed by atoms with Crippen molar-refractivity contribution in [2.24, 2.45) is 0 Å². The zero-order valence-electron chi connectivity index (χ0n) is 18.0. The molecule has 158 valence electrons. The van der Waals surface area contributed by atoms with E-state index >= 15 is 0 Å². The lowest BCUT2D eigenvalue weighted by Gasteiger charge is -2.28. The molecule has 0 saturated carbocycles. The molecule has 28 heavy (non-hydrogen) atoms. The lowest BCUT2D eigenvalue weighted by molar-refractivity contribution is 0.0519. The third kappa shape index (κ3) is 6.67. The van der Waals surface area contributed by atoms with Gasteiger partial charge in [-0.15, -0.1) is 0 Å². The zero-order valence-corrected chi connectivity index (χ0v) is 18.0. The number of nitrogens with zero attached hydrogens (tertiary/aromatic N) is 1. The fraction of sp³-hybridized carbons (Fsp3) is 0.650. The summed E-state index contributed by atoms with van der Waals surface area (Å²) < 4.78 is 10.1. The molecule has 1 aromatic heterocycles. The predicted molar refractivity (Wildman–Crippen MR) is 107 cm³/mol. The first-order chi connectivity index (χ1) is 13.0. The van der Waals surface area contributed by atoms with Crippen LogP contribution >= 0.6 is 0 Å². The highest BCUT2D eigenvalue weighted by atomic mass is 16.5. The average molecular weight is 396 g/mol. The van der Waals surface area contributed by atoms with Gasteiger partial charge in [0.05, 0.1) is 13.2 Å². The number of nitrogens with one attached hydrogen (secondary N) is 2. The lowest BCUT2D eigenvalue weighted by Crippen LogP contribution is -2.50. The number of methoxy groups -OCH3 is 1. The molecule has 0 saturated heterocycles. The van der Waals surface area contributed by atoms with E-state index in [-0.39, 0.29) is 30.7 Å². The first-order valence-corrected chi connectivity index (χ1v) is 9.47. The van der Waals surface area contributed by atoms with Crippen molar-refractivity contribution in [2.45, 2.75) is 53.5 Å². The summed E-state index contributed by atoms with van der Waals surface area (Å²) in [6.45, 7) is 11.8. The van der Waals surface area contributed by atoms with E-state index < -0.39 is 11.5 Å². The Hall–Kier alpha value is -2.35. The van der Waals surface area contributed by atoms with Gasteiger partial charge in [0.1, 0.15) is 5.69 Å². The van der Waals surface area contributed by atoms with Crippen LogP contribution in [0, 0.1) is 13.8 Å². The van der Waals surface area contributed by atoms with Crippen LogP contribution in [-0.4, -0.2) is 66.6 Å². The Kier molecular flexibility index (Phi) is 8.68. The van der Waals surface area contributed by atoms with E-state index in [0.29, 0.717) is 36.4 Å². The molecule has 0 aliphatic heterocycles. The van der Waals surface area contributed by atoms with E-state index in [4.69, 9.17) is 9.47 Å². The summed E-state index contributed by atoms with van der Waals surface area (Å²) in [7, 11) is 1.59. The number of rotatable bonds is 9. The van der Waals surface area contributed by atoms with Gasteiger partial charge in [0.25, 0.3) is 0 Å². The molecule has 8 nitrogen and oxygen atoms in total. The normalized spacial score (nSPS) is 11.2. The maximum atomic E-state index is 13.0. The Morgan fingerprint density at radius 2 is 1.82 bits per heavy atom. The highest BCUT2D eigenvalue weighted by molar-refractivity contribution is 6.04. The minimum Gasteiger partial charge on any atom is -0.461 e. The van der Waals surface area contributed by atoms with E-state index in [1.807, 2.05) is 20.8 Å². The summed E-state index contributed by atoms with van der Waals surface area (Å²) in [5.74, 6) is -0.729. The van der Waals surface area contributed by atoms with Gasteiger partial charge in [-0.2, -0.15) is 0 Å². The van der Waals surface area contributed by atoms with Crippen LogP contribution in [0.5, 0.6) is 0 Å². The van der Waals surface area contributed by atoms with Crippen LogP contribution in [0.2, 0.25) is 0 Å². The molecule has 2 amide bonds. The van der Waals surface area contributed by atoms with E-state index in [2.05, 4.69) is 10.3 Å². The minimum absolute atomic E-state index is 0.0899. The molecule has 2 N–H and O–H groups in total. The number of esters is 1. The van der Waals surface area contributed by atoms with Gasteiger partial charge >= 0.3 is 12.0 Å². The number of hydrogen-bond acceptors (Lipinski definition) is 5. The number of aryl methyl sites for hydroxylation is 1. The van der Waals surface area contributed by atoms with Crippen molar-refractivity contribution in [3.8, 4) is 0 Å². The lowest BCUT2D eigenvalue weighted by atomic mass is 10.0. The second kappa shape index (κ2) is 10.3. The van der Waals surface area contributed by atoms with Gasteiger partial charge in [-0.3, -0.25) is 4.79 Å². The fourth-order valence-electron chi connectivity index (χ4n) is 2.88. The number of aromatic nitrogens is 1. The molecule has 0 radical (unpaired) electrons. The van der Waals surface area contributed by atoms with E-state index in [0.717, 1.165) is 0 Å². The van der Waals surface area contributed by atoms with E-state index in [9.17, 15) is 14.4 Å². The summed E-state index contributed by atoms with van der Waals surface area (Å²) in [5, 5.41) is 2.88. The van der Waals surface area contributed by atoms with Gasteiger partial charge < -0.3 is 24.7 Å². The van der Waals surface area contributed by atoms with Crippen molar-refractivity contribution in [3.63, 3.8) is 0 Å². The number of ketones is 1. The molecular weight excluding hydrogens is 362 g/mol. The summed E-state index contributed by atoms with van der Waals surface area (Å²) in [5.41, 5.74) is 1.39. The van der Waals surface area contributed by atoms with Gasteiger partial charge in [-0.05, 0) is 53.5 Å². The van der Waals surface area contributed by atoms with Crippen molar-refractivity contribution in [3.05, 3.63) is 22.5 Å². The Bertz CT molecular complexity index is 703. The quantitative estimate of drug-likeness (QED) is 0.380. The van der Waals surface area contributed by atoms with Crippen LogP contribution in [0.25, 0.3) is 0 Å². The Balaban J connectivity index is 3.04. The predicted octanol–water partition coefficient (Wildman–Crippen LogP) is 2.84. The number of ether oxygens (including phenoxy) is 2. The van der Waals surface area contributed by atoms with Crippen LogP contribution in [0.1, 0.15) is 66.2 Å². The molecule has 1 aromatic rings. The standard InChI is InChI=1S/C20H33N3O5/c1-8-28-18(25)17-13(2)16(14(3)21-17)15(24)12-23(10-9-11-27-7)19(26)22-20(4,5)6/h21H,8-12H2,1-7H3,(H,22,26). The second-order valence-corrected chi connectivity index (χ2v) is 7.72. The SMILES string of the molecule is CCOC(=O)c1[nH]c(C)c(C(=O)CN(CCCOC)C(=O)NC(C)(C)C)c1C. The molecular formula is C20H33N3O5. The molecule has 0 spiro atoms. The number of Topliss-reactive ketones (excluding diaryl/α,β-unsaturated/α-hetero) is 1. The van der Waals surface area contributed by atoms with Crippen LogP contribution < -0.4 is 5.32 Å². The number of carbonyl (C=O) groups excluding carboxylic acids is 3. The molecule has 0 fully saturated rings. The molecule has 8 heteroatoms. The molecule has 1 heterocycles. The molecule has 0 atom stereocenters. The second-order valence-electron chi connectivity index (χ2n) is 7.72. The largest absolute Gasteiger partial charge is 0.461 e. The maximum Gasteiger partial charge on any atom is 0.355 e. The molecule has 0 unspecified atom stereocenters. The Morgan fingerprint density at radius 1 is 1.18 bits per heavy atom. The molecule has 0 aromatic carbocycles. The highest BCUT2D eigenvalue weighted by Crippen LogP contribution is 2.20. The number of H-pyrrole nitrogens is 1. The number of carbonyl (C=O) groups is 3. The third-order valence-corrected chi connectivity index (χ3v) is 4.08. The summed E-state index contributed by atoms with van der Waals surface area (Å²) >= 11 is 0. The number of amides is 2. The first kappa shape index (κ1) is 23.7.